The van der Waals surface area contributed by atoms with Gasteiger partial charge in [0.05, 0.1) is 32.0 Å². The van der Waals surface area contributed by atoms with E-state index in [1.165, 1.54) is 327 Å². The summed E-state index contributed by atoms with van der Waals surface area (Å²) < 4.78 is 16.8. The standard InChI is InChI=1S/C79H151NO10/c1-3-5-7-9-11-13-15-16-42-46-49-53-57-61-65-72(82)71(70-89-79-78(87)77(86)76(85)73(69-81)90-79)80-74(83)66-62-58-54-50-47-43-40-38-36-34-32-30-28-26-24-22-20-18-17-19-21-23-25-27-29-31-33-35-37-39-41-44-48-52-56-60-64-68-88-75(84)67-63-59-55-51-45-14-12-10-8-6-4-2/h46,49,61,65,71-73,76-79,81-82,85-87H,3-45,47-48,50-60,62-64,66-70H2,1-2H3,(H,80,83)/b49-46+,65-61+. The maximum absolute atomic E-state index is 13.1. The molecule has 1 rings (SSSR count). The van der Waals surface area contributed by atoms with Crippen molar-refractivity contribution in [1.29, 1.82) is 0 Å². The largest absolute Gasteiger partial charge is 0.466 e. The fraction of sp³-hybridized carbons (Fsp3) is 0.924. The van der Waals surface area contributed by atoms with Crippen molar-refractivity contribution in [3.63, 3.8) is 0 Å². The number of allylic oxidation sites excluding steroid dienone is 3. The Labute approximate surface area is 556 Å². The van der Waals surface area contributed by atoms with Gasteiger partial charge >= 0.3 is 5.97 Å². The van der Waals surface area contributed by atoms with Crippen LogP contribution in [0.3, 0.4) is 0 Å². The van der Waals surface area contributed by atoms with Crippen LogP contribution >= 0.6 is 0 Å². The number of aliphatic hydroxyl groups is 5. The molecule has 0 aromatic rings. The summed E-state index contributed by atoms with van der Waals surface area (Å²) in [7, 11) is 0. The lowest BCUT2D eigenvalue weighted by atomic mass is 9.99. The van der Waals surface area contributed by atoms with Gasteiger partial charge in [-0.05, 0) is 44.9 Å². The van der Waals surface area contributed by atoms with Gasteiger partial charge in [-0.2, -0.15) is 0 Å². The quantitative estimate of drug-likeness (QED) is 0.0195. The minimum Gasteiger partial charge on any atom is -0.466 e. The molecule has 1 amide bonds. The van der Waals surface area contributed by atoms with Crippen LogP contribution in [0.25, 0.3) is 0 Å². The van der Waals surface area contributed by atoms with Gasteiger partial charge in [0, 0.05) is 12.8 Å². The van der Waals surface area contributed by atoms with Crippen molar-refractivity contribution in [3.05, 3.63) is 24.3 Å². The highest BCUT2D eigenvalue weighted by Gasteiger charge is 2.44. The zero-order chi connectivity index (χ0) is 65.1. The topological polar surface area (TPSA) is 175 Å². The average molecular weight is 1280 g/mol. The summed E-state index contributed by atoms with van der Waals surface area (Å²) in [5, 5.41) is 54.6. The predicted molar refractivity (Wildman–Crippen MR) is 380 cm³/mol. The molecule has 6 N–H and O–H groups in total. The number of amides is 1. The third kappa shape index (κ3) is 56.5. The van der Waals surface area contributed by atoms with E-state index in [4.69, 9.17) is 14.2 Å². The summed E-state index contributed by atoms with van der Waals surface area (Å²) in [5.41, 5.74) is 0. The van der Waals surface area contributed by atoms with Crippen molar-refractivity contribution in [1.82, 2.24) is 5.32 Å². The number of unbranched alkanes of at least 4 members (excludes halogenated alkanes) is 55. The van der Waals surface area contributed by atoms with Crippen LogP contribution in [0, 0.1) is 0 Å². The summed E-state index contributed by atoms with van der Waals surface area (Å²) in [6, 6.07) is -0.823. The van der Waals surface area contributed by atoms with E-state index >= 15 is 0 Å². The van der Waals surface area contributed by atoms with Crippen LogP contribution in [0.2, 0.25) is 0 Å². The van der Waals surface area contributed by atoms with Gasteiger partial charge in [0.1, 0.15) is 24.4 Å². The molecule has 90 heavy (non-hydrogen) atoms. The van der Waals surface area contributed by atoms with E-state index in [-0.39, 0.29) is 18.5 Å². The highest BCUT2D eigenvalue weighted by atomic mass is 16.7. The summed E-state index contributed by atoms with van der Waals surface area (Å²) in [6.45, 7) is 4.38. The Morgan fingerprint density at radius 1 is 0.400 bits per heavy atom. The molecule has 11 nitrogen and oxygen atoms in total. The van der Waals surface area contributed by atoms with E-state index in [2.05, 4.69) is 31.3 Å². The first-order valence-electron chi connectivity index (χ1n) is 39.6. The Kier molecular flexibility index (Phi) is 65.6. The lowest BCUT2D eigenvalue weighted by molar-refractivity contribution is -0.302. The zero-order valence-corrected chi connectivity index (χ0v) is 59.4. The Bertz CT molecular complexity index is 1540. The van der Waals surface area contributed by atoms with Gasteiger partial charge in [0.2, 0.25) is 5.91 Å². The van der Waals surface area contributed by atoms with Crippen molar-refractivity contribution in [2.24, 2.45) is 0 Å². The van der Waals surface area contributed by atoms with Gasteiger partial charge in [-0.25, -0.2) is 0 Å². The number of hydrogen-bond donors (Lipinski definition) is 6. The third-order valence-electron chi connectivity index (χ3n) is 19.1. The van der Waals surface area contributed by atoms with E-state index in [1.807, 2.05) is 6.08 Å². The normalized spacial score (nSPS) is 17.7. The lowest BCUT2D eigenvalue weighted by Crippen LogP contribution is -2.60. The molecule has 1 fully saturated rings. The zero-order valence-electron chi connectivity index (χ0n) is 59.4. The van der Waals surface area contributed by atoms with Crippen LogP contribution in [0.15, 0.2) is 24.3 Å². The highest BCUT2D eigenvalue weighted by molar-refractivity contribution is 5.76. The van der Waals surface area contributed by atoms with E-state index in [1.54, 1.807) is 6.08 Å². The molecular weight excluding hydrogens is 1120 g/mol. The van der Waals surface area contributed by atoms with Crippen molar-refractivity contribution >= 4 is 11.9 Å². The Morgan fingerprint density at radius 2 is 0.722 bits per heavy atom. The van der Waals surface area contributed by atoms with Gasteiger partial charge in [-0.15, -0.1) is 0 Å². The molecule has 1 saturated heterocycles. The number of esters is 1. The first kappa shape index (κ1) is 86.2. The van der Waals surface area contributed by atoms with Gasteiger partial charge in [-0.3, -0.25) is 9.59 Å². The SMILES string of the molecule is CCCCCCCCCC/C=C/CC/C=C/C(O)C(COC1OC(CO)C(O)C(O)C1O)NC(=O)CCCCCCCCCCCCCCCCCCCCCCCCCCCCCCCCCCCCCCCOC(=O)CCCCCCCCCCCCC. The number of carbonyl (C=O) groups excluding carboxylic acids is 2. The van der Waals surface area contributed by atoms with E-state index in [9.17, 15) is 35.1 Å². The van der Waals surface area contributed by atoms with Crippen LogP contribution < -0.4 is 5.32 Å². The van der Waals surface area contributed by atoms with Crippen molar-refractivity contribution in [3.8, 4) is 0 Å². The molecule has 11 heteroatoms. The Morgan fingerprint density at radius 3 is 1.10 bits per heavy atom. The van der Waals surface area contributed by atoms with Gasteiger partial charge < -0.3 is 45.1 Å². The van der Waals surface area contributed by atoms with Crippen molar-refractivity contribution in [2.75, 3.05) is 19.8 Å². The number of aliphatic hydroxyl groups excluding tert-OH is 5. The maximum Gasteiger partial charge on any atom is 0.305 e. The first-order chi connectivity index (χ1) is 44.2. The summed E-state index contributed by atoms with van der Waals surface area (Å²) in [6.07, 6.45) is 77.8. The fourth-order valence-corrected chi connectivity index (χ4v) is 12.9. The number of nitrogens with one attached hydrogen (secondary N) is 1. The van der Waals surface area contributed by atoms with E-state index < -0.39 is 49.5 Å². The molecular formula is C79H151NO10. The Balaban J connectivity index is 1.91. The second-order valence-electron chi connectivity index (χ2n) is 27.8. The van der Waals surface area contributed by atoms with E-state index in [0.717, 1.165) is 51.4 Å². The number of carbonyl (C=O) groups is 2. The maximum atomic E-state index is 13.1. The molecule has 532 valence electrons. The monoisotopic (exact) mass is 1270 g/mol. The van der Waals surface area contributed by atoms with Crippen LogP contribution in [0.1, 0.15) is 406 Å². The van der Waals surface area contributed by atoms with Crippen molar-refractivity contribution in [2.45, 2.75) is 448 Å². The molecule has 0 aromatic carbocycles. The van der Waals surface area contributed by atoms with Gasteiger partial charge in [0.15, 0.2) is 6.29 Å². The van der Waals surface area contributed by atoms with Crippen LogP contribution in [0.4, 0.5) is 0 Å². The first-order valence-corrected chi connectivity index (χ1v) is 39.6. The molecule has 1 aliphatic rings. The highest BCUT2D eigenvalue weighted by Crippen LogP contribution is 2.24. The van der Waals surface area contributed by atoms with Gasteiger partial charge in [0.25, 0.3) is 0 Å². The molecule has 0 aromatic heterocycles. The van der Waals surface area contributed by atoms with Crippen LogP contribution in [-0.4, -0.2) is 100 Å². The van der Waals surface area contributed by atoms with E-state index in [0.29, 0.717) is 19.4 Å². The average Bonchev–Trinajstić information content (AvgIpc) is 1.17. The Hall–Kier alpha value is -1.86. The molecule has 7 unspecified atom stereocenters. The second-order valence-corrected chi connectivity index (χ2v) is 27.8. The molecule has 0 bridgehead atoms. The molecule has 7 atom stereocenters. The third-order valence-corrected chi connectivity index (χ3v) is 19.1. The summed E-state index contributed by atoms with van der Waals surface area (Å²) in [4.78, 5) is 25.1. The summed E-state index contributed by atoms with van der Waals surface area (Å²) >= 11 is 0. The predicted octanol–water partition coefficient (Wildman–Crippen LogP) is 21.1. The number of hydrogen-bond acceptors (Lipinski definition) is 10. The fourth-order valence-electron chi connectivity index (χ4n) is 12.9. The summed E-state index contributed by atoms with van der Waals surface area (Å²) in [5.74, 6) is -0.166. The molecule has 0 spiro atoms. The van der Waals surface area contributed by atoms with Gasteiger partial charge in [-0.1, -0.05) is 372 Å². The minimum atomic E-state index is -1.57. The molecule has 1 aliphatic heterocycles. The lowest BCUT2D eigenvalue weighted by Gasteiger charge is -2.40. The minimum absolute atomic E-state index is 0.0175. The van der Waals surface area contributed by atoms with Crippen LogP contribution in [-0.2, 0) is 23.8 Å². The number of rotatable bonds is 71. The molecule has 0 saturated carbocycles. The van der Waals surface area contributed by atoms with Crippen LogP contribution in [0.5, 0.6) is 0 Å². The molecule has 1 heterocycles. The second kappa shape index (κ2) is 68.5. The molecule has 0 radical (unpaired) electrons. The van der Waals surface area contributed by atoms with Crippen molar-refractivity contribution < 1.29 is 49.3 Å². The molecule has 0 aliphatic carbocycles. The smallest absolute Gasteiger partial charge is 0.305 e. The number of ether oxygens (including phenoxy) is 3.